The van der Waals surface area contributed by atoms with E-state index in [-0.39, 0.29) is 0 Å². The Labute approximate surface area is 253 Å². The standard InChI is InChI=1S/C41H25NS/c1-2-11-26(12-3-1)38-25-37-35-19-8-9-20-39(35)43-41(37)40(42-38)29-14-10-13-27(23-29)28-21-22-34-32-17-5-4-15-30(32)31-16-6-7-18-33(31)36(34)24-28/h1-25H. The molecule has 0 fully saturated rings. The Balaban J connectivity index is 1.27. The van der Waals surface area contributed by atoms with Crippen LogP contribution in [-0.4, -0.2) is 4.98 Å². The third kappa shape index (κ3) is 3.88. The summed E-state index contributed by atoms with van der Waals surface area (Å²) in [5.41, 5.74) is 6.71. The van der Waals surface area contributed by atoms with Crippen molar-refractivity contribution in [2.24, 2.45) is 0 Å². The van der Waals surface area contributed by atoms with Gasteiger partial charge in [0.05, 0.1) is 16.1 Å². The Morgan fingerprint density at radius 3 is 1.65 bits per heavy atom. The van der Waals surface area contributed by atoms with Crippen molar-refractivity contribution in [3.05, 3.63) is 152 Å². The first-order valence-electron chi connectivity index (χ1n) is 14.6. The Morgan fingerprint density at radius 2 is 0.907 bits per heavy atom. The van der Waals surface area contributed by atoms with E-state index in [4.69, 9.17) is 4.98 Å². The molecule has 0 radical (unpaired) electrons. The van der Waals surface area contributed by atoms with Crippen molar-refractivity contribution in [1.29, 1.82) is 0 Å². The molecule has 1 nitrogen and oxygen atoms in total. The molecule has 0 saturated carbocycles. The van der Waals surface area contributed by atoms with Gasteiger partial charge in [-0.25, -0.2) is 4.98 Å². The van der Waals surface area contributed by atoms with Crippen molar-refractivity contribution in [1.82, 2.24) is 4.98 Å². The van der Waals surface area contributed by atoms with E-state index in [1.54, 1.807) is 0 Å². The Hall–Kier alpha value is -5.31. The average Bonchev–Trinajstić information content (AvgIpc) is 3.47. The third-order valence-electron chi connectivity index (χ3n) is 8.65. The molecule has 0 aliphatic rings. The maximum atomic E-state index is 5.31. The van der Waals surface area contributed by atoms with Crippen LogP contribution in [0.5, 0.6) is 0 Å². The minimum absolute atomic E-state index is 1.00. The largest absolute Gasteiger partial charge is 0.246 e. The molecule has 0 bridgehead atoms. The lowest BCUT2D eigenvalue weighted by molar-refractivity contribution is 1.36. The Kier molecular flexibility index (Phi) is 5.44. The number of pyridine rings is 1. The van der Waals surface area contributed by atoms with Crippen LogP contribution >= 0.6 is 11.3 Å². The number of aromatic nitrogens is 1. The van der Waals surface area contributed by atoms with E-state index in [0.29, 0.717) is 0 Å². The molecule has 0 aliphatic carbocycles. The fourth-order valence-corrected chi connectivity index (χ4v) is 7.80. The van der Waals surface area contributed by atoms with Gasteiger partial charge in [0.25, 0.3) is 0 Å². The molecule has 0 saturated heterocycles. The van der Waals surface area contributed by atoms with Gasteiger partial charge < -0.3 is 0 Å². The highest BCUT2D eigenvalue weighted by molar-refractivity contribution is 7.26. The van der Waals surface area contributed by atoms with Gasteiger partial charge in [0.1, 0.15) is 0 Å². The van der Waals surface area contributed by atoms with Crippen LogP contribution in [0, 0.1) is 0 Å². The van der Waals surface area contributed by atoms with Crippen LogP contribution in [0.1, 0.15) is 0 Å². The summed E-state index contributed by atoms with van der Waals surface area (Å²) >= 11 is 1.83. The second-order valence-corrected chi connectivity index (χ2v) is 12.2. The Morgan fingerprint density at radius 1 is 0.349 bits per heavy atom. The van der Waals surface area contributed by atoms with E-state index in [9.17, 15) is 0 Å². The highest BCUT2D eigenvalue weighted by Crippen LogP contribution is 2.42. The van der Waals surface area contributed by atoms with Crippen LogP contribution < -0.4 is 0 Å². The lowest BCUT2D eigenvalue weighted by Gasteiger charge is -2.13. The lowest BCUT2D eigenvalue weighted by Crippen LogP contribution is -1.90. The van der Waals surface area contributed by atoms with Gasteiger partial charge in [-0.2, -0.15) is 0 Å². The minimum atomic E-state index is 1.00. The van der Waals surface area contributed by atoms with Crippen LogP contribution in [0.25, 0.3) is 86.1 Å². The minimum Gasteiger partial charge on any atom is -0.246 e. The van der Waals surface area contributed by atoms with E-state index in [1.165, 1.54) is 63.6 Å². The molecule has 0 unspecified atom stereocenters. The molecular weight excluding hydrogens is 539 g/mol. The molecule has 0 N–H and O–H groups in total. The van der Waals surface area contributed by atoms with E-state index in [0.717, 1.165) is 22.5 Å². The highest BCUT2D eigenvalue weighted by atomic mass is 32.1. The van der Waals surface area contributed by atoms with Crippen LogP contribution in [0.4, 0.5) is 0 Å². The molecule has 200 valence electrons. The summed E-state index contributed by atoms with van der Waals surface area (Å²) in [5, 5.41) is 10.3. The monoisotopic (exact) mass is 563 g/mol. The quantitative estimate of drug-likeness (QED) is 0.195. The SMILES string of the molecule is c1ccc(-c2cc3c(sc4ccccc43)c(-c3cccc(-c4ccc5c6ccccc6c6ccccc6c5c4)c3)n2)cc1. The van der Waals surface area contributed by atoms with Crippen molar-refractivity contribution in [2.45, 2.75) is 0 Å². The summed E-state index contributed by atoms with van der Waals surface area (Å²) < 4.78 is 2.52. The fraction of sp³-hybridized carbons (Fsp3) is 0. The highest BCUT2D eigenvalue weighted by Gasteiger charge is 2.16. The number of nitrogens with zero attached hydrogens (tertiary/aromatic N) is 1. The molecule has 0 atom stereocenters. The molecule has 0 aliphatic heterocycles. The average molecular weight is 564 g/mol. The van der Waals surface area contributed by atoms with Gasteiger partial charge in [-0.05, 0) is 67.7 Å². The van der Waals surface area contributed by atoms with Crippen molar-refractivity contribution in [3.63, 3.8) is 0 Å². The number of benzene rings is 7. The zero-order valence-corrected chi connectivity index (χ0v) is 24.1. The maximum Gasteiger partial charge on any atom is 0.0888 e. The number of thiophene rings is 1. The van der Waals surface area contributed by atoms with Crippen LogP contribution in [-0.2, 0) is 0 Å². The number of fused-ring (bicyclic) bond motifs is 9. The molecule has 2 heterocycles. The van der Waals surface area contributed by atoms with Gasteiger partial charge in [-0.3, -0.25) is 0 Å². The molecule has 2 heteroatoms. The zero-order valence-electron chi connectivity index (χ0n) is 23.3. The number of rotatable bonds is 3. The van der Waals surface area contributed by atoms with Crippen molar-refractivity contribution in [3.8, 4) is 33.6 Å². The van der Waals surface area contributed by atoms with Crippen molar-refractivity contribution in [2.75, 3.05) is 0 Å². The van der Waals surface area contributed by atoms with Crippen LogP contribution in [0.2, 0.25) is 0 Å². The molecule has 2 aromatic heterocycles. The fourth-order valence-electron chi connectivity index (χ4n) is 6.61. The first-order valence-corrected chi connectivity index (χ1v) is 15.5. The van der Waals surface area contributed by atoms with Gasteiger partial charge in [0.2, 0.25) is 0 Å². The van der Waals surface area contributed by atoms with Gasteiger partial charge in [0.15, 0.2) is 0 Å². The smallest absolute Gasteiger partial charge is 0.0888 e. The predicted octanol–water partition coefficient (Wildman–Crippen LogP) is 11.9. The van der Waals surface area contributed by atoms with Crippen molar-refractivity contribution < 1.29 is 0 Å². The second-order valence-electron chi connectivity index (χ2n) is 11.1. The Bertz CT molecular complexity index is 2470. The zero-order chi connectivity index (χ0) is 28.3. The molecule has 43 heavy (non-hydrogen) atoms. The summed E-state index contributed by atoms with van der Waals surface area (Å²) in [6, 6.07) is 54.8. The summed E-state index contributed by atoms with van der Waals surface area (Å²) in [6.45, 7) is 0. The lowest BCUT2D eigenvalue weighted by atomic mass is 9.91. The molecule has 0 amide bonds. The van der Waals surface area contributed by atoms with Gasteiger partial charge in [-0.15, -0.1) is 11.3 Å². The third-order valence-corrected chi connectivity index (χ3v) is 9.84. The van der Waals surface area contributed by atoms with Crippen molar-refractivity contribution >= 4 is 63.8 Å². The summed E-state index contributed by atoms with van der Waals surface area (Å²) in [4.78, 5) is 5.31. The van der Waals surface area contributed by atoms with E-state index >= 15 is 0 Å². The number of hydrogen-bond donors (Lipinski definition) is 0. The topological polar surface area (TPSA) is 12.9 Å². The van der Waals surface area contributed by atoms with Crippen LogP contribution in [0.15, 0.2) is 152 Å². The molecule has 9 aromatic rings. The van der Waals surface area contributed by atoms with Gasteiger partial charge in [-0.1, -0.05) is 127 Å². The van der Waals surface area contributed by atoms with Gasteiger partial charge >= 0.3 is 0 Å². The van der Waals surface area contributed by atoms with E-state index in [1.807, 2.05) is 11.3 Å². The normalized spacial score (nSPS) is 11.7. The summed E-state index contributed by atoms with van der Waals surface area (Å²) in [5.74, 6) is 0. The van der Waals surface area contributed by atoms with Gasteiger partial charge in [0, 0.05) is 26.6 Å². The second kappa shape index (κ2) is 9.62. The first kappa shape index (κ1) is 24.3. The first-order chi connectivity index (χ1) is 21.3. The predicted molar refractivity (Wildman–Crippen MR) is 186 cm³/mol. The molecule has 7 aromatic carbocycles. The number of hydrogen-bond acceptors (Lipinski definition) is 2. The summed E-state index contributed by atoms with van der Waals surface area (Å²) in [6.07, 6.45) is 0. The molecule has 0 spiro atoms. The summed E-state index contributed by atoms with van der Waals surface area (Å²) in [7, 11) is 0. The maximum absolute atomic E-state index is 5.31. The van der Waals surface area contributed by atoms with E-state index < -0.39 is 0 Å². The van der Waals surface area contributed by atoms with E-state index in [2.05, 4.69) is 152 Å². The molecular formula is C41H25NS. The molecule has 9 rings (SSSR count). The van der Waals surface area contributed by atoms with Crippen LogP contribution in [0.3, 0.4) is 0 Å².